The van der Waals surface area contributed by atoms with Gasteiger partial charge in [0.1, 0.15) is 5.82 Å². The average molecular weight is 331 g/mol. The van der Waals surface area contributed by atoms with E-state index in [2.05, 4.69) is 46.9 Å². The fourth-order valence-corrected chi connectivity index (χ4v) is 2.68. The molecule has 1 amide bonds. The lowest BCUT2D eigenvalue weighted by atomic mass is 9.92. The van der Waals surface area contributed by atoms with E-state index in [0.717, 1.165) is 16.4 Å². The van der Waals surface area contributed by atoms with Gasteiger partial charge in [-0.1, -0.05) is 26.8 Å². The van der Waals surface area contributed by atoms with Crippen LogP contribution in [0.3, 0.4) is 0 Å². The topological polar surface area (TPSA) is 46.9 Å². The van der Waals surface area contributed by atoms with Crippen molar-refractivity contribution in [2.24, 2.45) is 0 Å². The molecule has 0 unspecified atom stereocenters. The van der Waals surface area contributed by atoms with E-state index in [1.165, 1.54) is 0 Å². The zero-order chi connectivity index (χ0) is 17.3. The molecule has 1 N–H and O–H groups in total. The van der Waals surface area contributed by atoms with E-state index < -0.39 is 0 Å². The zero-order valence-corrected chi connectivity index (χ0v) is 15.5. The van der Waals surface area contributed by atoms with E-state index in [1.807, 2.05) is 34.3 Å². The zero-order valence-electron chi connectivity index (χ0n) is 14.7. The van der Waals surface area contributed by atoms with Crippen molar-refractivity contribution in [3.05, 3.63) is 40.2 Å². The standard InChI is InChI=1S/C18H25N3OS/c1-17(2,3)14-12-15(21(20-14)18(4,5)6)19-16(22)10-9-13-8-7-11-23-13/h7-12H,1-6H3,(H,19,22)/b10-9+. The largest absolute Gasteiger partial charge is 0.307 e. The number of hydrogen-bond donors (Lipinski definition) is 1. The number of anilines is 1. The Kier molecular flexibility index (Phi) is 4.80. The third-order valence-electron chi connectivity index (χ3n) is 3.31. The van der Waals surface area contributed by atoms with Crippen LogP contribution in [0.25, 0.3) is 6.08 Å². The molecule has 0 aliphatic heterocycles. The van der Waals surface area contributed by atoms with Gasteiger partial charge in [-0.3, -0.25) is 4.79 Å². The van der Waals surface area contributed by atoms with Gasteiger partial charge in [0, 0.05) is 22.4 Å². The maximum atomic E-state index is 12.2. The van der Waals surface area contributed by atoms with Crippen LogP contribution in [0.15, 0.2) is 29.7 Å². The second-order valence-corrected chi connectivity index (χ2v) is 8.56. The van der Waals surface area contributed by atoms with Crippen LogP contribution in [0.1, 0.15) is 52.1 Å². The number of rotatable bonds is 3. The van der Waals surface area contributed by atoms with E-state index in [-0.39, 0.29) is 16.9 Å². The monoisotopic (exact) mass is 331 g/mol. The molecule has 2 heterocycles. The molecule has 0 radical (unpaired) electrons. The van der Waals surface area contributed by atoms with Gasteiger partial charge in [0.2, 0.25) is 5.91 Å². The van der Waals surface area contributed by atoms with Crippen LogP contribution in [0, 0.1) is 0 Å². The fourth-order valence-electron chi connectivity index (χ4n) is 2.06. The molecule has 5 heteroatoms. The van der Waals surface area contributed by atoms with E-state index in [1.54, 1.807) is 17.4 Å². The predicted octanol–water partition coefficient (Wildman–Crippen LogP) is 4.65. The van der Waals surface area contributed by atoms with Crippen molar-refractivity contribution in [3.8, 4) is 0 Å². The van der Waals surface area contributed by atoms with Crippen LogP contribution < -0.4 is 5.32 Å². The summed E-state index contributed by atoms with van der Waals surface area (Å²) in [4.78, 5) is 13.3. The number of thiophene rings is 1. The molecule has 0 aliphatic carbocycles. The highest BCUT2D eigenvalue weighted by atomic mass is 32.1. The van der Waals surface area contributed by atoms with Crippen LogP contribution >= 0.6 is 11.3 Å². The molecule has 0 spiro atoms. The van der Waals surface area contributed by atoms with Crippen LogP contribution in [-0.4, -0.2) is 15.7 Å². The summed E-state index contributed by atoms with van der Waals surface area (Å²) in [6.45, 7) is 12.6. The molecular weight excluding hydrogens is 306 g/mol. The van der Waals surface area contributed by atoms with Crippen molar-refractivity contribution >= 4 is 29.1 Å². The van der Waals surface area contributed by atoms with Gasteiger partial charge in [0.15, 0.2) is 0 Å². The Morgan fingerprint density at radius 3 is 2.48 bits per heavy atom. The van der Waals surface area contributed by atoms with E-state index in [9.17, 15) is 4.79 Å². The Morgan fingerprint density at radius 1 is 1.26 bits per heavy atom. The maximum absolute atomic E-state index is 12.2. The first-order valence-electron chi connectivity index (χ1n) is 7.71. The van der Waals surface area contributed by atoms with Crippen molar-refractivity contribution in [2.45, 2.75) is 52.5 Å². The SMILES string of the molecule is CC(C)(C)c1cc(NC(=O)/C=C/c2cccs2)n(C(C)(C)C)n1. The minimum absolute atomic E-state index is 0.0667. The van der Waals surface area contributed by atoms with Gasteiger partial charge in [-0.2, -0.15) is 5.10 Å². The second-order valence-electron chi connectivity index (χ2n) is 7.59. The van der Waals surface area contributed by atoms with Gasteiger partial charge in [0.05, 0.1) is 11.2 Å². The van der Waals surface area contributed by atoms with Gasteiger partial charge in [-0.15, -0.1) is 11.3 Å². The summed E-state index contributed by atoms with van der Waals surface area (Å²) in [5.41, 5.74) is 0.691. The molecule has 4 nitrogen and oxygen atoms in total. The number of nitrogens with zero attached hydrogens (tertiary/aromatic N) is 2. The molecule has 0 saturated carbocycles. The average Bonchev–Trinajstić information content (AvgIpc) is 3.03. The normalized spacial score (nSPS) is 12.8. The molecule has 23 heavy (non-hydrogen) atoms. The summed E-state index contributed by atoms with van der Waals surface area (Å²) in [6.07, 6.45) is 3.38. The van der Waals surface area contributed by atoms with Crippen molar-refractivity contribution < 1.29 is 4.79 Å². The van der Waals surface area contributed by atoms with Crippen molar-refractivity contribution in [1.82, 2.24) is 9.78 Å². The quantitative estimate of drug-likeness (QED) is 0.832. The highest BCUT2D eigenvalue weighted by Crippen LogP contribution is 2.28. The van der Waals surface area contributed by atoms with E-state index in [4.69, 9.17) is 5.10 Å². The molecule has 2 rings (SSSR count). The Labute approximate surface area is 142 Å². The van der Waals surface area contributed by atoms with Crippen molar-refractivity contribution in [1.29, 1.82) is 0 Å². The Balaban J connectivity index is 2.24. The molecule has 2 aromatic heterocycles. The summed E-state index contributed by atoms with van der Waals surface area (Å²) in [6, 6.07) is 5.90. The number of nitrogens with one attached hydrogen (secondary N) is 1. The Morgan fingerprint density at radius 2 is 1.96 bits per heavy atom. The fraction of sp³-hybridized carbons (Fsp3) is 0.444. The van der Waals surface area contributed by atoms with Gasteiger partial charge < -0.3 is 5.32 Å². The van der Waals surface area contributed by atoms with Gasteiger partial charge in [-0.25, -0.2) is 4.68 Å². The smallest absolute Gasteiger partial charge is 0.249 e. The highest BCUT2D eigenvalue weighted by molar-refractivity contribution is 7.10. The Bertz CT molecular complexity index is 698. The van der Waals surface area contributed by atoms with E-state index in [0.29, 0.717) is 0 Å². The van der Waals surface area contributed by atoms with Crippen LogP contribution in [0.2, 0.25) is 0 Å². The van der Waals surface area contributed by atoms with Gasteiger partial charge >= 0.3 is 0 Å². The molecule has 0 atom stereocenters. The van der Waals surface area contributed by atoms with Gasteiger partial charge in [0.25, 0.3) is 0 Å². The summed E-state index contributed by atoms with van der Waals surface area (Å²) in [5.74, 6) is 0.576. The Hall–Kier alpha value is -1.88. The number of amides is 1. The summed E-state index contributed by atoms with van der Waals surface area (Å²) < 4.78 is 1.88. The van der Waals surface area contributed by atoms with Gasteiger partial charge in [-0.05, 0) is 38.3 Å². The minimum Gasteiger partial charge on any atom is -0.307 e. The summed E-state index contributed by atoms with van der Waals surface area (Å²) in [7, 11) is 0. The molecule has 124 valence electrons. The first-order chi connectivity index (χ1) is 10.6. The maximum Gasteiger partial charge on any atom is 0.249 e. The first-order valence-corrected chi connectivity index (χ1v) is 8.59. The lowest BCUT2D eigenvalue weighted by Gasteiger charge is -2.22. The number of hydrogen-bond acceptors (Lipinski definition) is 3. The first kappa shape index (κ1) is 17.5. The number of carbonyl (C=O) groups excluding carboxylic acids is 1. The summed E-state index contributed by atoms with van der Waals surface area (Å²) in [5, 5.41) is 9.64. The van der Waals surface area contributed by atoms with Crippen molar-refractivity contribution in [2.75, 3.05) is 5.32 Å². The van der Waals surface area contributed by atoms with Crippen LogP contribution in [-0.2, 0) is 15.7 Å². The third-order valence-corrected chi connectivity index (χ3v) is 4.14. The lowest BCUT2D eigenvalue weighted by Crippen LogP contribution is -2.27. The van der Waals surface area contributed by atoms with Crippen LogP contribution in [0.4, 0.5) is 5.82 Å². The third kappa shape index (κ3) is 4.55. The minimum atomic E-state index is -0.205. The highest BCUT2D eigenvalue weighted by Gasteiger charge is 2.25. The molecular formula is C18H25N3OS. The predicted molar refractivity (Wildman–Crippen MR) is 97.9 cm³/mol. The molecule has 0 aliphatic rings. The molecule has 2 aromatic rings. The molecule has 0 fully saturated rings. The van der Waals surface area contributed by atoms with Crippen LogP contribution in [0.5, 0.6) is 0 Å². The lowest BCUT2D eigenvalue weighted by molar-refractivity contribution is -0.111. The second kappa shape index (κ2) is 6.32. The molecule has 0 saturated heterocycles. The summed E-state index contributed by atoms with van der Waals surface area (Å²) >= 11 is 1.60. The van der Waals surface area contributed by atoms with Crippen molar-refractivity contribution in [3.63, 3.8) is 0 Å². The van der Waals surface area contributed by atoms with E-state index >= 15 is 0 Å². The number of carbonyl (C=O) groups is 1. The molecule has 0 bridgehead atoms. The molecule has 0 aromatic carbocycles. The number of aromatic nitrogens is 2.